The molecule has 3 nitrogen and oxygen atoms in total. The van der Waals surface area contributed by atoms with Crippen molar-refractivity contribution in [1.82, 2.24) is 10.2 Å². The van der Waals surface area contributed by atoms with Crippen LogP contribution in [0.2, 0.25) is 5.02 Å². The van der Waals surface area contributed by atoms with Gasteiger partial charge < -0.3 is 10.2 Å². The first kappa shape index (κ1) is 17.6. The van der Waals surface area contributed by atoms with E-state index in [1.165, 1.54) is 25.9 Å². The zero-order valence-electron chi connectivity index (χ0n) is 13.3. The second kappa shape index (κ2) is 8.80. The topological polar surface area (TPSA) is 32.3 Å². The lowest BCUT2D eigenvalue weighted by Gasteiger charge is -2.29. The van der Waals surface area contributed by atoms with Gasteiger partial charge in [-0.05, 0) is 76.5 Å². The summed E-state index contributed by atoms with van der Waals surface area (Å²) >= 11 is 7.44. The van der Waals surface area contributed by atoms with Crippen molar-refractivity contribution in [3.63, 3.8) is 0 Å². The molecule has 22 heavy (non-hydrogen) atoms. The van der Waals surface area contributed by atoms with Gasteiger partial charge in [0.05, 0.1) is 5.25 Å². The van der Waals surface area contributed by atoms with Crippen molar-refractivity contribution in [3.05, 3.63) is 29.3 Å². The molecule has 1 aromatic carbocycles. The fraction of sp³-hybridized carbons (Fsp3) is 0.588. The normalized spacial score (nSPS) is 18.1. The van der Waals surface area contributed by atoms with Crippen LogP contribution in [0.3, 0.4) is 0 Å². The number of amides is 1. The standard InChI is InChI=1S/C17H25ClN2OS/c1-13(22-16-5-3-15(18)4-6-16)17(21)19-10-7-14-8-11-20(2)12-9-14/h3-6,13-14H,7-12H2,1-2H3,(H,19,21)/t13-/m1/s1. The van der Waals surface area contributed by atoms with Crippen LogP contribution >= 0.6 is 23.4 Å². The molecular formula is C17H25ClN2OS. The van der Waals surface area contributed by atoms with E-state index < -0.39 is 0 Å². The monoisotopic (exact) mass is 340 g/mol. The number of nitrogens with one attached hydrogen (secondary N) is 1. The van der Waals surface area contributed by atoms with Crippen molar-refractivity contribution in [1.29, 1.82) is 0 Å². The minimum Gasteiger partial charge on any atom is -0.355 e. The van der Waals surface area contributed by atoms with Crippen LogP contribution in [0.4, 0.5) is 0 Å². The molecule has 1 atom stereocenters. The molecule has 1 fully saturated rings. The number of carbonyl (C=O) groups excluding carboxylic acids is 1. The SMILES string of the molecule is C[C@@H](Sc1ccc(Cl)cc1)C(=O)NCCC1CCN(C)CC1. The Balaban J connectivity index is 1.67. The molecule has 2 rings (SSSR count). The summed E-state index contributed by atoms with van der Waals surface area (Å²) in [6, 6.07) is 7.62. The van der Waals surface area contributed by atoms with Crippen LogP contribution in [0.5, 0.6) is 0 Å². The number of hydrogen-bond acceptors (Lipinski definition) is 3. The lowest BCUT2D eigenvalue weighted by atomic mass is 9.94. The maximum absolute atomic E-state index is 12.1. The highest BCUT2D eigenvalue weighted by Gasteiger charge is 2.18. The second-order valence-electron chi connectivity index (χ2n) is 6.04. The van der Waals surface area contributed by atoms with Crippen molar-refractivity contribution in [2.75, 3.05) is 26.7 Å². The smallest absolute Gasteiger partial charge is 0.233 e. The second-order valence-corrected chi connectivity index (χ2v) is 7.89. The predicted molar refractivity (Wildman–Crippen MR) is 94.6 cm³/mol. The molecule has 5 heteroatoms. The summed E-state index contributed by atoms with van der Waals surface area (Å²) in [7, 11) is 2.17. The Bertz CT molecular complexity index is 472. The molecule has 1 heterocycles. The molecule has 0 saturated carbocycles. The van der Waals surface area contributed by atoms with Gasteiger partial charge in [-0.1, -0.05) is 11.6 Å². The van der Waals surface area contributed by atoms with Crippen LogP contribution in [0.15, 0.2) is 29.2 Å². The Morgan fingerprint density at radius 3 is 2.64 bits per heavy atom. The van der Waals surface area contributed by atoms with Crippen molar-refractivity contribution >= 4 is 29.3 Å². The van der Waals surface area contributed by atoms with Crippen molar-refractivity contribution in [2.24, 2.45) is 5.92 Å². The van der Waals surface area contributed by atoms with Gasteiger partial charge >= 0.3 is 0 Å². The molecule has 0 bridgehead atoms. The third kappa shape index (κ3) is 5.82. The number of thioether (sulfide) groups is 1. The number of carbonyl (C=O) groups is 1. The van der Waals surface area contributed by atoms with E-state index in [4.69, 9.17) is 11.6 Å². The van der Waals surface area contributed by atoms with E-state index in [-0.39, 0.29) is 11.2 Å². The Morgan fingerprint density at radius 1 is 1.36 bits per heavy atom. The lowest BCUT2D eigenvalue weighted by molar-refractivity contribution is -0.120. The van der Waals surface area contributed by atoms with Crippen LogP contribution in [0, 0.1) is 5.92 Å². The Labute approximate surface area is 142 Å². The molecule has 1 N–H and O–H groups in total. The molecule has 0 aromatic heterocycles. The average Bonchev–Trinajstić information content (AvgIpc) is 2.51. The van der Waals surface area contributed by atoms with Crippen molar-refractivity contribution < 1.29 is 4.79 Å². The Morgan fingerprint density at radius 2 is 2.00 bits per heavy atom. The zero-order chi connectivity index (χ0) is 15.9. The van der Waals surface area contributed by atoms with E-state index in [2.05, 4.69) is 17.3 Å². The van der Waals surface area contributed by atoms with Crippen molar-refractivity contribution in [2.45, 2.75) is 36.3 Å². The molecule has 1 saturated heterocycles. The number of benzene rings is 1. The van der Waals surface area contributed by atoms with E-state index in [0.717, 1.165) is 28.8 Å². The van der Waals surface area contributed by atoms with E-state index in [9.17, 15) is 4.79 Å². The van der Waals surface area contributed by atoms with Gasteiger partial charge in [0.15, 0.2) is 0 Å². The molecular weight excluding hydrogens is 316 g/mol. The number of piperidine rings is 1. The Hall–Kier alpha value is -0.710. The average molecular weight is 341 g/mol. The quantitative estimate of drug-likeness (QED) is 0.802. The van der Waals surface area contributed by atoms with Gasteiger partial charge in [-0.2, -0.15) is 0 Å². The van der Waals surface area contributed by atoms with Crippen LogP contribution in [-0.4, -0.2) is 42.7 Å². The van der Waals surface area contributed by atoms with E-state index in [1.807, 2.05) is 31.2 Å². The zero-order valence-corrected chi connectivity index (χ0v) is 14.9. The fourth-order valence-corrected chi connectivity index (χ4v) is 3.68. The minimum absolute atomic E-state index is 0.0846. The third-order valence-electron chi connectivity index (χ3n) is 4.19. The fourth-order valence-electron chi connectivity index (χ4n) is 2.66. The molecule has 0 radical (unpaired) electrons. The molecule has 0 spiro atoms. The maximum Gasteiger partial charge on any atom is 0.233 e. The molecule has 0 aliphatic carbocycles. The maximum atomic E-state index is 12.1. The number of likely N-dealkylation sites (tertiary alicyclic amines) is 1. The van der Waals surface area contributed by atoms with Gasteiger partial charge in [0.1, 0.15) is 0 Å². The summed E-state index contributed by atoms with van der Waals surface area (Å²) in [5.41, 5.74) is 0. The molecule has 1 aliphatic heterocycles. The molecule has 122 valence electrons. The third-order valence-corrected chi connectivity index (χ3v) is 5.55. The van der Waals surface area contributed by atoms with E-state index in [0.29, 0.717) is 0 Å². The summed E-state index contributed by atoms with van der Waals surface area (Å²) in [4.78, 5) is 15.6. The molecule has 1 aliphatic rings. The molecule has 1 aromatic rings. The first-order valence-electron chi connectivity index (χ1n) is 7.93. The van der Waals surface area contributed by atoms with Crippen LogP contribution in [0.1, 0.15) is 26.2 Å². The first-order chi connectivity index (χ1) is 10.5. The summed E-state index contributed by atoms with van der Waals surface area (Å²) < 4.78 is 0. The number of hydrogen-bond donors (Lipinski definition) is 1. The highest BCUT2D eigenvalue weighted by molar-refractivity contribution is 8.00. The van der Waals surface area contributed by atoms with Gasteiger partial charge in [-0.15, -0.1) is 11.8 Å². The van der Waals surface area contributed by atoms with Gasteiger partial charge in [0.2, 0.25) is 5.91 Å². The highest BCUT2D eigenvalue weighted by Crippen LogP contribution is 2.25. The van der Waals surface area contributed by atoms with Crippen molar-refractivity contribution in [3.8, 4) is 0 Å². The number of nitrogens with zero attached hydrogens (tertiary/aromatic N) is 1. The summed E-state index contributed by atoms with van der Waals surface area (Å²) in [6.07, 6.45) is 3.60. The van der Waals surface area contributed by atoms with E-state index >= 15 is 0 Å². The molecule has 0 unspecified atom stereocenters. The summed E-state index contributed by atoms with van der Waals surface area (Å²) in [5, 5.41) is 3.71. The van der Waals surface area contributed by atoms with Crippen LogP contribution < -0.4 is 5.32 Å². The predicted octanol–water partition coefficient (Wildman–Crippen LogP) is 3.67. The van der Waals surface area contributed by atoms with Gasteiger partial charge in [-0.25, -0.2) is 0 Å². The first-order valence-corrected chi connectivity index (χ1v) is 9.19. The summed E-state index contributed by atoms with van der Waals surface area (Å²) in [6.45, 7) is 5.10. The van der Waals surface area contributed by atoms with E-state index in [1.54, 1.807) is 11.8 Å². The summed E-state index contributed by atoms with van der Waals surface area (Å²) in [5.74, 6) is 0.878. The van der Waals surface area contributed by atoms with Gasteiger partial charge in [0, 0.05) is 16.5 Å². The van der Waals surface area contributed by atoms with Gasteiger partial charge in [0.25, 0.3) is 0 Å². The van der Waals surface area contributed by atoms with Crippen LogP contribution in [-0.2, 0) is 4.79 Å². The molecule has 1 amide bonds. The lowest BCUT2D eigenvalue weighted by Crippen LogP contribution is -2.35. The minimum atomic E-state index is -0.0846. The number of rotatable bonds is 6. The number of halogens is 1. The highest BCUT2D eigenvalue weighted by atomic mass is 35.5. The largest absolute Gasteiger partial charge is 0.355 e. The van der Waals surface area contributed by atoms with Gasteiger partial charge in [-0.3, -0.25) is 4.79 Å². The Kier molecular flexibility index (Phi) is 7.06. The van der Waals surface area contributed by atoms with Crippen LogP contribution in [0.25, 0.3) is 0 Å².